The first-order valence-corrected chi connectivity index (χ1v) is 9.51. The van der Waals surface area contributed by atoms with Gasteiger partial charge in [-0.25, -0.2) is 4.79 Å². The Labute approximate surface area is 169 Å². The fraction of sp³-hybridized carbons (Fsp3) is 0.318. The highest BCUT2D eigenvalue weighted by molar-refractivity contribution is 5.97. The minimum absolute atomic E-state index is 0.291. The number of nitrogens with zero attached hydrogens (tertiary/aromatic N) is 2. The zero-order valence-electron chi connectivity index (χ0n) is 17.3. The molecule has 7 nitrogen and oxygen atoms in total. The van der Waals surface area contributed by atoms with E-state index in [1.165, 1.54) is 0 Å². The minimum atomic E-state index is -0.929. The summed E-state index contributed by atoms with van der Waals surface area (Å²) in [5, 5.41) is 6.34. The van der Waals surface area contributed by atoms with E-state index >= 15 is 0 Å². The number of ether oxygens (including phenoxy) is 1. The lowest BCUT2D eigenvalue weighted by molar-refractivity contribution is -0.124. The molecule has 3 aromatic rings. The van der Waals surface area contributed by atoms with Crippen molar-refractivity contribution in [2.45, 2.75) is 47.1 Å². The number of benzene rings is 1. The van der Waals surface area contributed by atoms with Crippen LogP contribution < -0.4 is 5.32 Å². The van der Waals surface area contributed by atoms with Gasteiger partial charge in [0.2, 0.25) is 0 Å². The summed E-state index contributed by atoms with van der Waals surface area (Å²) in [6.07, 6.45) is -0.591. The van der Waals surface area contributed by atoms with Gasteiger partial charge in [0.15, 0.2) is 11.9 Å². The summed E-state index contributed by atoms with van der Waals surface area (Å²) in [6, 6.07) is 11.4. The standard InChI is InChI=1S/C22H25N3O4/c1-6-19(21(26)23-20-12-15(4)29-24-20)28-22(27)18-11-14(3)25(16(18)5)17-9-7-8-13(2)10-17/h7-12,19H,6H2,1-5H3,(H,23,24,26). The second-order valence-corrected chi connectivity index (χ2v) is 7.07. The molecule has 2 aromatic heterocycles. The molecule has 0 aliphatic heterocycles. The van der Waals surface area contributed by atoms with Crippen LogP contribution in [0, 0.1) is 27.7 Å². The summed E-state index contributed by atoms with van der Waals surface area (Å²) >= 11 is 0. The summed E-state index contributed by atoms with van der Waals surface area (Å²) in [5.41, 5.74) is 4.22. The van der Waals surface area contributed by atoms with Crippen molar-refractivity contribution in [1.82, 2.24) is 9.72 Å². The van der Waals surface area contributed by atoms with Gasteiger partial charge in [-0.1, -0.05) is 24.2 Å². The quantitative estimate of drug-likeness (QED) is 0.630. The second-order valence-electron chi connectivity index (χ2n) is 7.07. The predicted octanol–water partition coefficient (Wildman–Crippen LogP) is 4.27. The van der Waals surface area contributed by atoms with Crippen molar-refractivity contribution >= 4 is 17.7 Å². The molecule has 1 atom stereocenters. The smallest absolute Gasteiger partial charge is 0.340 e. The maximum atomic E-state index is 12.8. The number of amides is 1. The highest BCUT2D eigenvalue weighted by atomic mass is 16.5. The van der Waals surface area contributed by atoms with Crippen molar-refractivity contribution in [2.24, 2.45) is 0 Å². The van der Waals surface area contributed by atoms with Crippen molar-refractivity contribution in [1.29, 1.82) is 0 Å². The van der Waals surface area contributed by atoms with Gasteiger partial charge < -0.3 is 19.1 Å². The van der Waals surface area contributed by atoms with Crippen molar-refractivity contribution in [2.75, 3.05) is 5.32 Å². The van der Waals surface area contributed by atoms with Crippen LogP contribution in [0.2, 0.25) is 0 Å². The molecule has 152 valence electrons. The van der Waals surface area contributed by atoms with Crippen molar-refractivity contribution in [3.8, 4) is 5.69 Å². The first kappa shape index (κ1) is 20.4. The van der Waals surface area contributed by atoms with E-state index in [1.807, 2.05) is 43.5 Å². The van der Waals surface area contributed by atoms with E-state index in [2.05, 4.69) is 16.5 Å². The van der Waals surface area contributed by atoms with Crippen molar-refractivity contribution in [3.63, 3.8) is 0 Å². The van der Waals surface area contributed by atoms with Crippen LogP contribution in [0.25, 0.3) is 5.69 Å². The van der Waals surface area contributed by atoms with Crippen LogP contribution in [0.1, 0.15) is 46.4 Å². The number of hydrogen-bond acceptors (Lipinski definition) is 5. The van der Waals surface area contributed by atoms with Gasteiger partial charge in [-0.05, 0) is 57.9 Å². The molecule has 3 rings (SSSR count). The molecular weight excluding hydrogens is 370 g/mol. The summed E-state index contributed by atoms with van der Waals surface area (Å²) in [4.78, 5) is 25.3. The van der Waals surface area contributed by atoms with Crippen LogP contribution >= 0.6 is 0 Å². The molecule has 2 heterocycles. The van der Waals surface area contributed by atoms with E-state index in [1.54, 1.807) is 26.0 Å². The summed E-state index contributed by atoms with van der Waals surface area (Å²) in [5.74, 6) is -0.106. The monoisotopic (exact) mass is 395 g/mol. The molecule has 1 unspecified atom stereocenters. The van der Waals surface area contributed by atoms with Gasteiger partial charge in [0, 0.05) is 23.1 Å². The van der Waals surface area contributed by atoms with Crippen LogP contribution in [-0.2, 0) is 9.53 Å². The second kappa shape index (κ2) is 8.34. The Hall–Kier alpha value is -3.35. The zero-order chi connectivity index (χ0) is 21.1. The lowest BCUT2D eigenvalue weighted by Gasteiger charge is -2.15. The third-order valence-corrected chi connectivity index (χ3v) is 4.70. The minimum Gasteiger partial charge on any atom is -0.449 e. The van der Waals surface area contributed by atoms with Gasteiger partial charge in [0.1, 0.15) is 5.76 Å². The molecule has 0 radical (unpaired) electrons. The number of esters is 1. The van der Waals surface area contributed by atoms with Gasteiger partial charge in [-0.15, -0.1) is 0 Å². The van der Waals surface area contributed by atoms with Crippen LogP contribution in [0.4, 0.5) is 5.82 Å². The first-order valence-electron chi connectivity index (χ1n) is 9.51. The summed E-state index contributed by atoms with van der Waals surface area (Å²) in [7, 11) is 0. The van der Waals surface area contributed by atoms with Gasteiger partial charge in [0.05, 0.1) is 5.56 Å². The third kappa shape index (κ3) is 4.39. The number of rotatable bonds is 6. The summed E-state index contributed by atoms with van der Waals surface area (Å²) in [6.45, 7) is 9.33. The Morgan fingerprint density at radius 2 is 1.93 bits per heavy atom. The predicted molar refractivity (Wildman–Crippen MR) is 109 cm³/mol. The van der Waals surface area contributed by atoms with Gasteiger partial charge in [0.25, 0.3) is 5.91 Å². The molecule has 29 heavy (non-hydrogen) atoms. The van der Waals surface area contributed by atoms with Crippen LogP contribution in [0.5, 0.6) is 0 Å². The van der Waals surface area contributed by atoms with E-state index in [-0.39, 0.29) is 0 Å². The van der Waals surface area contributed by atoms with Crippen LogP contribution in [0.3, 0.4) is 0 Å². The van der Waals surface area contributed by atoms with Gasteiger partial charge in [-0.3, -0.25) is 4.79 Å². The normalized spacial score (nSPS) is 11.9. The molecular formula is C22H25N3O4. The number of hydrogen-bond donors (Lipinski definition) is 1. The third-order valence-electron chi connectivity index (χ3n) is 4.70. The Morgan fingerprint density at radius 3 is 2.55 bits per heavy atom. The van der Waals surface area contributed by atoms with Crippen molar-refractivity contribution < 1.29 is 18.8 Å². The molecule has 0 saturated heterocycles. The molecule has 0 aliphatic carbocycles. The zero-order valence-corrected chi connectivity index (χ0v) is 17.3. The van der Waals surface area contributed by atoms with E-state index < -0.39 is 18.0 Å². The number of aromatic nitrogens is 2. The van der Waals surface area contributed by atoms with Crippen LogP contribution in [0.15, 0.2) is 40.9 Å². The molecule has 0 bridgehead atoms. The lowest BCUT2D eigenvalue weighted by Crippen LogP contribution is -2.32. The topological polar surface area (TPSA) is 86.4 Å². The molecule has 1 N–H and O–H groups in total. The van der Waals surface area contributed by atoms with Gasteiger partial charge in [-0.2, -0.15) is 0 Å². The number of anilines is 1. The molecule has 0 saturated carbocycles. The molecule has 0 fully saturated rings. The SMILES string of the molecule is CCC(OC(=O)c1cc(C)n(-c2cccc(C)c2)c1C)C(=O)Nc1cc(C)on1. The molecule has 7 heteroatoms. The largest absolute Gasteiger partial charge is 0.449 e. The molecule has 0 spiro atoms. The maximum Gasteiger partial charge on any atom is 0.340 e. The van der Waals surface area contributed by atoms with E-state index in [4.69, 9.17) is 9.26 Å². The maximum absolute atomic E-state index is 12.8. The average molecular weight is 395 g/mol. The molecule has 1 amide bonds. The van der Waals surface area contributed by atoms with Gasteiger partial charge >= 0.3 is 5.97 Å². The first-order chi connectivity index (χ1) is 13.8. The number of carbonyl (C=O) groups is 2. The lowest BCUT2D eigenvalue weighted by atomic mass is 10.2. The Bertz CT molecular complexity index is 1050. The number of aryl methyl sites for hydroxylation is 3. The Kier molecular flexibility index (Phi) is 5.87. The highest BCUT2D eigenvalue weighted by Gasteiger charge is 2.25. The average Bonchev–Trinajstić information content (AvgIpc) is 3.21. The van der Waals surface area contributed by atoms with E-state index in [0.29, 0.717) is 23.6 Å². The van der Waals surface area contributed by atoms with Crippen LogP contribution in [-0.4, -0.2) is 27.7 Å². The number of nitrogens with one attached hydrogen (secondary N) is 1. The van der Waals surface area contributed by atoms with E-state index in [0.717, 1.165) is 22.6 Å². The Morgan fingerprint density at radius 1 is 1.17 bits per heavy atom. The van der Waals surface area contributed by atoms with E-state index in [9.17, 15) is 9.59 Å². The summed E-state index contributed by atoms with van der Waals surface area (Å²) < 4.78 is 12.5. The fourth-order valence-electron chi connectivity index (χ4n) is 3.28. The van der Waals surface area contributed by atoms with Crippen molar-refractivity contribution in [3.05, 3.63) is 64.7 Å². The molecule has 0 aliphatic rings. The Balaban J connectivity index is 1.79. The number of carbonyl (C=O) groups excluding carboxylic acids is 2. The fourth-order valence-corrected chi connectivity index (χ4v) is 3.28. The highest BCUT2D eigenvalue weighted by Crippen LogP contribution is 2.23. The molecule has 1 aromatic carbocycles.